The Bertz CT molecular complexity index is 457. The standard InChI is InChI=1S/C11H9BrF3NO2/c1-17-9-4-7(5-16)2-3-8(9)18-6-10(12)11(13,14)15/h2-4,10H,6H2,1H3. The van der Waals surface area contributed by atoms with Gasteiger partial charge < -0.3 is 9.47 Å². The van der Waals surface area contributed by atoms with E-state index in [4.69, 9.17) is 14.7 Å². The molecule has 0 saturated heterocycles. The van der Waals surface area contributed by atoms with Crippen LogP contribution in [-0.4, -0.2) is 24.7 Å². The third-order valence-corrected chi connectivity index (χ3v) is 2.82. The van der Waals surface area contributed by atoms with Gasteiger partial charge >= 0.3 is 6.18 Å². The molecule has 0 fully saturated rings. The second-order valence-electron chi connectivity index (χ2n) is 3.30. The summed E-state index contributed by atoms with van der Waals surface area (Å²) in [5.74, 6) is 0.376. The zero-order valence-corrected chi connectivity index (χ0v) is 10.9. The van der Waals surface area contributed by atoms with Gasteiger partial charge in [0.05, 0.1) is 18.7 Å². The van der Waals surface area contributed by atoms with Crippen molar-refractivity contribution in [3.05, 3.63) is 23.8 Å². The van der Waals surface area contributed by atoms with Gasteiger partial charge in [0, 0.05) is 6.07 Å². The summed E-state index contributed by atoms with van der Waals surface area (Å²) >= 11 is 2.49. The van der Waals surface area contributed by atoms with Crippen LogP contribution in [0.2, 0.25) is 0 Å². The number of hydrogen-bond acceptors (Lipinski definition) is 3. The molecule has 98 valence electrons. The molecule has 1 rings (SSSR count). The lowest BCUT2D eigenvalue weighted by atomic mass is 10.2. The third-order valence-electron chi connectivity index (χ3n) is 2.03. The maximum Gasteiger partial charge on any atom is 0.404 e. The lowest BCUT2D eigenvalue weighted by Gasteiger charge is -2.16. The Hall–Kier alpha value is -1.42. The number of benzene rings is 1. The van der Waals surface area contributed by atoms with E-state index in [1.807, 2.05) is 6.07 Å². The first kappa shape index (κ1) is 14.6. The van der Waals surface area contributed by atoms with Gasteiger partial charge in [0.1, 0.15) is 11.4 Å². The Morgan fingerprint density at radius 1 is 1.39 bits per heavy atom. The van der Waals surface area contributed by atoms with Crippen molar-refractivity contribution < 1.29 is 22.6 Å². The van der Waals surface area contributed by atoms with Gasteiger partial charge in [0.25, 0.3) is 0 Å². The number of hydrogen-bond donors (Lipinski definition) is 0. The molecule has 0 aromatic heterocycles. The predicted octanol–water partition coefficient (Wildman–Crippen LogP) is 3.27. The molecule has 0 aliphatic carbocycles. The van der Waals surface area contributed by atoms with Crippen molar-refractivity contribution in [2.45, 2.75) is 11.0 Å². The summed E-state index contributed by atoms with van der Waals surface area (Å²) in [6.45, 7) is -0.578. The minimum atomic E-state index is -4.38. The van der Waals surface area contributed by atoms with Crippen molar-refractivity contribution in [3.63, 3.8) is 0 Å². The number of methoxy groups -OCH3 is 1. The SMILES string of the molecule is COc1cc(C#N)ccc1OCC(Br)C(F)(F)F. The summed E-state index contributed by atoms with van der Waals surface area (Å²) in [4.78, 5) is -1.76. The van der Waals surface area contributed by atoms with Crippen LogP contribution in [-0.2, 0) is 0 Å². The predicted molar refractivity (Wildman–Crippen MR) is 62.0 cm³/mol. The summed E-state index contributed by atoms with van der Waals surface area (Å²) in [6, 6.07) is 6.12. The van der Waals surface area contributed by atoms with E-state index in [1.165, 1.54) is 25.3 Å². The average Bonchev–Trinajstić information content (AvgIpc) is 2.34. The second kappa shape index (κ2) is 5.96. The van der Waals surface area contributed by atoms with Crippen LogP contribution in [0.1, 0.15) is 5.56 Å². The highest BCUT2D eigenvalue weighted by Gasteiger charge is 2.38. The monoisotopic (exact) mass is 323 g/mol. The van der Waals surface area contributed by atoms with Crippen LogP contribution in [0.15, 0.2) is 18.2 Å². The normalized spacial score (nSPS) is 12.7. The highest BCUT2D eigenvalue weighted by atomic mass is 79.9. The van der Waals surface area contributed by atoms with E-state index >= 15 is 0 Å². The van der Waals surface area contributed by atoms with E-state index < -0.39 is 17.6 Å². The number of rotatable bonds is 4. The maximum atomic E-state index is 12.3. The Morgan fingerprint density at radius 2 is 2.06 bits per heavy atom. The van der Waals surface area contributed by atoms with Crippen LogP contribution < -0.4 is 9.47 Å². The summed E-state index contributed by atoms with van der Waals surface area (Å²) in [5.41, 5.74) is 0.338. The van der Waals surface area contributed by atoms with Crippen LogP contribution in [0.3, 0.4) is 0 Å². The van der Waals surface area contributed by atoms with Crippen molar-refractivity contribution >= 4 is 15.9 Å². The quantitative estimate of drug-likeness (QED) is 0.799. The Kier molecular flexibility index (Phi) is 4.84. The molecule has 0 bridgehead atoms. The van der Waals surface area contributed by atoms with Crippen LogP contribution in [0.25, 0.3) is 0 Å². The summed E-state index contributed by atoms with van der Waals surface area (Å²) in [5, 5.41) is 8.67. The molecule has 0 spiro atoms. The second-order valence-corrected chi connectivity index (χ2v) is 4.40. The van der Waals surface area contributed by atoms with E-state index in [2.05, 4.69) is 15.9 Å². The number of alkyl halides is 4. The van der Waals surface area contributed by atoms with Crippen LogP contribution in [0.5, 0.6) is 11.5 Å². The highest BCUT2D eigenvalue weighted by Crippen LogP contribution is 2.31. The van der Waals surface area contributed by atoms with Gasteiger partial charge in [0.2, 0.25) is 0 Å². The van der Waals surface area contributed by atoms with Crippen molar-refractivity contribution in [3.8, 4) is 17.6 Å². The molecule has 0 amide bonds. The minimum Gasteiger partial charge on any atom is -0.493 e. The molecule has 1 atom stereocenters. The van der Waals surface area contributed by atoms with Crippen molar-refractivity contribution in [2.75, 3.05) is 13.7 Å². The van der Waals surface area contributed by atoms with Crippen LogP contribution in [0.4, 0.5) is 13.2 Å². The Morgan fingerprint density at radius 3 is 2.56 bits per heavy atom. The molecule has 1 aromatic carbocycles. The molecule has 0 aliphatic heterocycles. The van der Waals surface area contributed by atoms with Gasteiger partial charge in [-0.25, -0.2) is 0 Å². The first-order valence-electron chi connectivity index (χ1n) is 4.80. The largest absolute Gasteiger partial charge is 0.493 e. The molecular weight excluding hydrogens is 315 g/mol. The maximum absolute atomic E-state index is 12.3. The molecule has 0 radical (unpaired) electrons. The molecule has 1 unspecified atom stereocenters. The Balaban J connectivity index is 2.77. The summed E-state index contributed by atoms with van der Waals surface area (Å²) in [7, 11) is 1.35. The molecular formula is C11H9BrF3NO2. The number of nitrogens with zero attached hydrogens (tertiary/aromatic N) is 1. The van der Waals surface area contributed by atoms with Gasteiger partial charge in [-0.05, 0) is 12.1 Å². The van der Waals surface area contributed by atoms with E-state index in [0.29, 0.717) is 5.56 Å². The first-order valence-corrected chi connectivity index (χ1v) is 5.71. The lowest BCUT2D eigenvalue weighted by Crippen LogP contribution is -2.28. The molecule has 0 heterocycles. The fourth-order valence-corrected chi connectivity index (χ4v) is 1.25. The molecule has 1 aromatic rings. The minimum absolute atomic E-state index is 0.158. The van der Waals surface area contributed by atoms with Crippen molar-refractivity contribution in [2.24, 2.45) is 0 Å². The first-order chi connectivity index (χ1) is 8.38. The van der Waals surface area contributed by atoms with Crippen molar-refractivity contribution in [1.82, 2.24) is 0 Å². The van der Waals surface area contributed by atoms with Gasteiger partial charge in [0.15, 0.2) is 11.5 Å². The van der Waals surface area contributed by atoms with Gasteiger partial charge in [-0.15, -0.1) is 0 Å². The topological polar surface area (TPSA) is 42.2 Å². The van der Waals surface area contributed by atoms with Crippen molar-refractivity contribution in [1.29, 1.82) is 5.26 Å². The Labute approximate surface area is 110 Å². The fourth-order valence-electron chi connectivity index (χ4n) is 1.11. The zero-order chi connectivity index (χ0) is 13.8. The summed E-state index contributed by atoms with van der Waals surface area (Å²) < 4.78 is 46.7. The summed E-state index contributed by atoms with van der Waals surface area (Å²) in [6.07, 6.45) is -4.38. The zero-order valence-electron chi connectivity index (χ0n) is 9.29. The van der Waals surface area contributed by atoms with E-state index in [0.717, 1.165) is 0 Å². The van der Waals surface area contributed by atoms with E-state index in [9.17, 15) is 13.2 Å². The average molecular weight is 324 g/mol. The smallest absolute Gasteiger partial charge is 0.404 e. The molecule has 0 saturated carbocycles. The molecule has 7 heteroatoms. The highest BCUT2D eigenvalue weighted by molar-refractivity contribution is 9.09. The number of halogens is 4. The van der Waals surface area contributed by atoms with Gasteiger partial charge in [-0.3, -0.25) is 0 Å². The fraction of sp³-hybridized carbons (Fsp3) is 0.364. The van der Waals surface area contributed by atoms with Crippen LogP contribution in [0, 0.1) is 11.3 Å². The van der Waals surface area contributed by atoms with Gasteiger partial charge in [-0.2, -0.15) is 18.4 Å². The molecule has 0 N–H and O–H groups in total. The van der Waals surface area contributed by atoms with Gasteiger partial charge in [-0.1, -0.05) is 15.9 Å². The number of ether oxygens (including phenoxy) is 2. The van der Waals surface area contributed by atoms with Crippen LogP contribution >= 0.6 is 15.9 Å². The molecule has 0 aliphatic rings. The van der Waals surface area contributed by atoms with E-state index in [-0.39, 0.29) is 11.5 Å². The molecule has 3 nitrogen and oxygen atoms in total. The third kappa shape index (κ3) is 3.81. The van der Waals surface area contributed by atoms with E-state index in [1.54, 1.807) is 0 Å². The molecule has 18 heavy (non-hydrogen) atoms. The lowest BCUT2D eigenvalue weighted by molar-refractivity contribution is -0.132. The number of nitriles is 1.